The number of hydrogen-bond donors (Lipinski definition) is 1. The third-order valence-electron chi connectivity index (χ3n) is 3.47. The molecule has 2 aromatic heterocycles. The Hall–Kier alpha value is -1.75. The van der Waals surface area contributed by atoms with E-state index in [1.807, 2.05) is 12.1 Å². The molecule has 1 fully saturated rings. The molecule has 5 heteroatoms. The van der Waals surface area contributed by atoms with E-state index in [9.17, 15) is 0 Å². The van der Waals surface area contributed by atoms with Crippen molar-refractivity contribution in [3.05, 3.63) is 41.8 Å². The Balaban J connectivity index is 1.66. The van der Waals surface area contributed by atoms with Crippen LogP contribution in [0.5, 0.6) is 0 Å². The molecule has 0 spiro atoms. The second-order valence-corrected chi connectivity index (χ2v) is 5.03. The SMILES string of the molecule is NC1(Cc2nc(Cc3ccncc3)no2)CCC1. The minimum absolute atomic E-state index is 0.111. The van der Waals surface area contributed by atoms with Crippen LogP contribution in [0.3, 0.4) is 0 Å². The van der Waals surface area contributed by atoms with Gasteiger partial charge < -0.3 is 10.3 Å². The molecule has 0 atom stereocenters. The van der Waals surface area contributed by atoms with Crippen molar-refractivity contribution in [1.82, 2.24) is 15.1 Å². The van der Waals surface area contributed by atoms with Crippen molar-refractivity contribution in [1.29, 1.82) is 0 Å². The molecule has 1 saturated carbocycles. The highest BCUT2D eigenvalue weighted by molar-refractivity contribution is 5.15. The molecule has 2 N–H and O–H groups in total. The standard InChI is InChI=1S/C13H16N4O/c14-13(4-1-5-13)9-12-16-11(17-18-12)8-10-2-6-15-7-3-10/h2-3,6-7H,1,4-5,8-9,14H2. The van der Waals surface area contributed by atoms with E-state index < -0.39 is 0 Å². The molecule has 0 unspecified atom stereocenters. The monoisotopic (exact) mass is 244 g/mol. The Kier molecular flexibility index (Phi) is 2.83. The van der Waals surface area contributed by atoms with Crippen molar-refractivity contribution in [2.75, 3.05) is 0 Å². The Morgan fingerprint density at radius 2 is 2.06 bits per heavy atom. The van der Waals surface area contributed by atoms with Crippen LogP contribution >= 0.6 is 0 Å². The molecule has 2 aromatic rings. The Labute approximate surface area is 105 Å². The van der Waals surface area contributed by atoms with E-state index in [1.165, 1.54) is 6.42 Å². The molecule has 0 bridgehead atoms. The average molecular weight is 244 g/mol. The second-order valence-electron chi connectivity index (χ2n) is 5.03. The van der Waals surface area contributed by atoms with Crippen LogP contribution in [0.15, 0.2) is 29.0 Å². The number of pyridine rings is 1. The average Bonchev–Trinajstić information content (AvgIpc) is 2.76. The van der Waals surface area contributed by atoms with Crippen LogP contribution < -0.4 is 5.73 Å². The fraction of sp³-hybridized carbons (Fsp3) is 0.462. The first kappa shape index (κ1) is 11.3. The molecule has 0 aromatic carbocycles. The van der Waals surface area contributed by atoms with Gasteiger partial charge in [0.1, 0.15) is 0 Å². The molecule has 1 aliphatic carbocycles. The van der Waals surface area contributed by atoms with Gasteiger partial charge in [0, 0.05) is 30.8 Å². The maximum atomic E-state index is 6.16. The van der Waals surface area contributed by atoms with Crippen LogP contribution in [0.2, 0.25) is 0 Å². The summed E-state index contributed by atoms with van der Waals surface area (Å²) in [6, 6.07) is 3.90. The predicted molar refractivity (Wildman–Crippen MR) is 65.8 cm³/mol. The van der Waals surface area contributed by atoms with Crippen LogP contribution in [-0.4, -0.2) is 20.7 Å². The smallest absolute Gasteiger partial charge is 0.228 e. The van der Waals surface area contributed by atoms with Crippen molar-refractivity contribution in [2.45, 2.75) is 37.6 Å². The lowest BCUT2D eigenvalue weighted by molar-refractivity contribution is 0.221. The summed E-state index contributed by atoms with van der Waals surface area (Å²) in [5.41, 5.74) is 7.18. The number of aromatic nitrogens is 3. The summed E-state index contributed by atoms with van der Waals surface area (Å²) >= 11 is 0. The summed E-state index contributed by atoms with van der Waals surface area (Å²) in [7, 11) is 0. The van der Waals surface area contributed by atoms with Crippen molar-refractivity contribution in [3.8, 4) is 0 Å². The third-order valence-corrected chi connectivity index (χ3v) is 3.47. The highest BCUT2D eigenvalue weighted by Gasteiger charge is 2.34. The van der Waals surface area contributed by atoms with Gasteiger partial charge in [0.25, 0.3) is 0 Å². The molecular weight excluding hydrogens is 228 g/mol. The lowest BCUT2D eigenvalue weighted by Gasteiger charge is -2.36. The van der Waals surface area contributed by atoms with Crippen LogP contribution in [0, 0.1) is 0 Å². The van der Waals surface area contributed by atoms with Gasteiger partial charge >= 0.3 is 0 Å². The molecule has 18 heavy (non-hydrogen) atoms. The van der Waals surface area contributed by atoms with E-state index in [4.69, 9.17) is 10.3 Å². The van der Waals surface area contributed by atoms with Crippen LogP contribution in [-0.2, 0) is 12.8 Å². The van der Waals surface area contributed by atoms with E-state index >= 15 is 0 Å². The topological polar surface area (TPSA) is 77.8 Å². The first-order valence-electron chi connectivity index (χ1n) is 6.23. The summed E-state index contributed by atoms with van der Waals surface area (Å²) in [6.45, 7) is 0. The van der Waals surface area contributed by atoms with Crippen molar-refractivity contribution >= 4 is 0 Å². The van der Waals surface area contributed by atoms with E-state index in [1.54, 1.807) is 12.4 Å². The molecule has 5 nitrogen and oxygen atoms in total. The fourth-order valence-corrected chi connectivity index (χ4v) is 2.23. The molecule has 94 valence electrons. The Morgan fingerprint density at radius 1 is 1.28 bits per heavy atom. The van der Waals surface area contributed by atoms with E-state index in [-0.39, 0.29) is 5.54 Å². The Morgan fingerprint density at radius 3 is 2.72 bits per heavy atom. The maximum absolute atomic E-state index is 6.16. The summed E-state index contributed by atoms with van der Waals surface area (Å²) in [5.74, 6) is 1.36. The zero-order chi connectivity index (χ0) is 12.4. The van der Waals surface area contributed by atoms with Gasteiger partial charge in [0.2, 0.25) is 5.89 Å². The number of hydrogen-bond acceptors (Lipinski definition) is 5. The minimum Gasteiger partial charge on any atom is -0.339 e. The summed E-state index contributed by atoms with van der Waals surface area (Å²) in [6.07, 6.45) is 8.19. The molecule has 2 heterocycles. The van der Waals surface area contributed by atoms with Gasteiger partial charge in [-0.05, 0) is 37.0 Å². The molecule has 1 aliphatic rings. The number of nitrogens with zero attached hydrogens (tertiary/aromatic N) is 3. The third kappa shape index (κ3) is 2.41. The van der Waals surface area contributed by atoms with E-state index in [0.717, 1.165) is 18.4 Å². The van der Waals surface area contributed by atoms with Gasteiger partial charge in [-0.25, -0.2) is 0 Å². The van der Waals surface area contributed by atoms with Crippen molar-refractivity contribution in [3.63, 3.8) is 0 Å². The van der Waals surface area contributed by atoms with Gasteiger partial charge in [-0.2, -0.15) is 4.98 Å². The molecule has 0 radical (unpaired) electrons. The molecular formula is C13H16N4O. The van der Waals surface area contributed by atoms with Gasteiger partial charge in [-0.1, -0.05) is 5.16 Å². The van der Waals surface area contributed by atoms with Gasteiger partial charge in [-0.3, -0.25) is 4.98 Å². The molecule has 0 aliphatic heterocycles. The first-order valence-corrected chi connectivity index (χ1v) is 6.23. The molecule has 0 amide bonds. The van der Waals surface area contributed by atoms with Gasteiger partial charge in [0.15, 0.2) is 5.82 Å². The van der Waals surface area contributed by atoms with Gasteiger partial charge in [0.05, 0.1) is 0 Å². The summed E-state index contributed by atoms with van der Waals surface area (Å²) in [4.78, 5) is 8.37. The zero-order valence-electron chi connectivity index (χ0n) is 10.2. The lowest BCUT2D eigenvalue weighted by Crippen LogP contribution is -2.48. The maximum Gasteiger partial charge on any atom is 0.228 e. The quantitative estimate of drug-likeness (QED) is 0.881. The van der Waals surface area contributed by atoms with Gasteiger partial charge in [-0.15, -0.1) is 0 Å². The highest BCUT2D eigenvalue weighted by Crippen LogP contribution is 2.31. The largest absolute Gasteiger partial charge is 0.339 e. The van der Waals surface area contributed by atoms with E-state index in [0.29, 0.717) is 24.6 Å². The van der Waals surface area contributed by atoms with Crippen molar-refractivity contribution in [2.24, 2.45) is 5.73 Å². The summed E-state index contributed by atoms with van der Waals surface area (Å²) in [5, 5.41) is 3.99. The second kappa shape index (κ2) is 4.49. The lowest BCUT2D eigenvalue weighted by atomic mass is 9.75. The van der Waals surface area contributed by atoms with Crippen LogP contribution in [0.1, 0.15) is 36.5 Å². The van der Waals surface area contributed by atoms with E-state index in [2.05, 4.69) is 15.1 Å². The first-order chi connectivity index (χ1) is 8.73. The summed E-state index contributed by atoms with van der Waals surface area (Å²) < 4.78 is 5.25. The van der Waals surface area contributed by atoms with Crippen LogP contribution in [0.25, 0.3) is 0 Å². The normalized spacial score (nSPS) is 17.4. The van der Waals surface area contributed by atoms with Crippen molar-refractivity contribution < 1.29 is 4.52 Å². The van der Waals surface area contributed by atoms with Crippen LogP contribution in [0.4, 0.5) is 0 Å². The molecule has 0 saturated heterocycles. The number of rotatable bonds is 4. The highest BCUT2D eigenvalue weighted by atomic mass is 16.5. The Bertz CT molecular complexity index is 519. The number of nitrogens with two attached hydrogens (primary N) is 1. The zero-order valence-corrected chi connectivity index (χ0v) is 10.2. The minimum atomic E-state index is -0.111. The fourth-order valence-electron chi connectivity index (χ4n) is 2.23. The molecule has 3 rings (SSSR count). The predicted octanol–water partition coefficient (Wildman–Crippen LogP) is 1.48.